The van der Waals surface area contributed by atoms with Crippen LogP contribution in [-0.4, -0.2) is 17.7 Å². The van der Waals surface area contributed by atoms with E-state index in [1.165, 1.54) is 12.1 Å². The molecule has 1 aliphatic heterocycles. The molecule has 0 radical (unpaired) electrons. The molecule has 4 nitrogen and oxygen atoms in total. The minimum atomic E-state index is -0.821. The molecule has 0 saturated heterocycles. The van der Waals surface area contributed by atoms with E-state index in [1.807, 2.05) is 18.2 Å². The smallest absolute Gasteiger partial charge is 0.264 e. The average Bonchev–Trinajstić information content (AvgIpc) is 3.03. The van der Waals surface area contributed by atoms with Crippen molar-refractivity contribution in [2.75, 3.05) is 0 Å². The van der Waals surface area contributed by atoms with E-state index in [-0.39, 0.29) is 29.5 Å². The molecular weight excluding hydrogens is 354 g/mol. The van der Waals surface area contributed by atoms with E-state index in [4.69, 9.17) is 28.0 Å². The number of nitrogens with one attached hydrogen (secondary N) is 1. The van der Waals surface area contributed by atoms with Crippen LogP contribution in [-0.2, 0) is 16.2 Å². The second-order valence-electron chi connectivity index (χ2n) is 5.24. The molecule has 1 N–H and O–H groups in total. The highest BCUT2D eigenvalue weighted by molar-refractivity contribution is 6.34. The molecule has 1 heterocycles. The monoisotopic (exact) mass is 366 g/mol. The summed E-state index contributed by atoms with van der Waals surface area (Å²) in [5, 5.41) is 7.34. The van der Waals surface area contributed by atoms with Crippen LogP contribution in [0.5, 0.6) is 0 Å². The van der Waals surface area contributed by atoms with Crippen LogP contribution in [0.25, 0.3) is 0 Å². The molecule has 0 aromatic heterocycles. The van der Waals surface area contributed by atoms with Gasteiger partial charge in [0.05, 0.1) is 16.3 Å². The predicted octanol–water partition coefficient (Wildman–Crippen LogP) is 3.94. The summed E-state index contributed by atoms with van der Waals surface area (Å²) >= 11 is 12.0. The lowest BCUT2D eigenvalue weighted by Gasteiger charge is -2.10. The Morgan fingerprint density at radius 1 is 1.21 bits per heavy atom. The highest BCUT2D eigenvalue weighted by atomic mass is 35.5. The lowest BCUT2D eigenvalue weighted by atomic mass is 10.0. The maximum atomic E-state index is 13.9. The van der Waals surface area contributed by atoms with E-state index in [9.17, 15) is 9.18 Å². The molecule has 0 saturated carbocycles. The number of benzene rings is 2. The zero-order valence-corrected chi connectivity index (χ0v) is 13.9. The van der Waals surface area contributed by atoms with Crippen molar-refractivity contribution in [3.8, 4) is 0 Å². The van der Waals surface area contributed by atoms with Crippen LogP contribution in [0, 0.1) is 5.82 Å². The number of oxime groups is 1. The fourth-order valence-electron chi connectivity index (χ4n) is 2.38. The number of carbonyl (C=O) groups excluding carboxylic acids is 1. The summed E-state index contributed by atoms with van der Waals surface area (Å²) in [6.45, 7) is 0.272. The van der Waals surface area contributed by atoms with Crippen molar-refractivity contribution in [1.29, 1.82) is 0 Å². The number of nitrogens with zero attached hydrogens (tertiary/aromatic N) is 1. The van der Waals surface area contributed by atoms with Gasteiger partial charge in [-0.15, -0.1) is 0 Å². The third-order valence-corrected chi connectivity index (χ3v) is 4.31. The van der Waals surface area contributed by atoms with Crippen LogP contribution in [0.1, 0.15) is 17.5 Å². The zero-order valence-electron chi connectivity index (χ0n) is 12.4. The van der Waals surface area contributed by atoms with Crippen molar-refractivity contribution in [3.63, 3.8) is 0 Å². The Kier molecular flexibility index (Phi) is 5.02. The SMILES string of the molecule is O=C(NCc1ccccc1Cl)C1CC(c2c(F)cccc2Cl)=NO1. The Balaban J connectivity index is 1.63. The van der Waals surface area contributed by atoms with Gasteiger partial charge in [0, 0.05) is 18.0 Å². The van der Waals surface area contributed by atoms with Crippen molar-refractivity contribution in [2.45, 2.75) is 19.1 Å². The summed E-state index contributed by atoms with van der Waals surface area (Å²) in [7, 11) is 0. The number of hydrogen-bond acceptors (Lipinski definition) is 3. The van der Waals surface area contributed by atoms with E-state index in [2.05, 4.69) is 10.5 Å². The van der Waals surface area contributed by atoms with Gasteiger partial charge in [0.25, 0.3) is 5.91 Å². The molecule has 0 bridgehead atoms. The molecule has 1 atom stereocenters. The first-order valence-corrected chi connectivity index (χ1v) is 8.00. The first-order valence-electron chi connectivity index (χ1n) is 7.24. The van der Waals surface area contributed by atoms with Gasteiger partial charge in [-0.3, -0.25) is 4.79 Å². The molecule has 0 spiro atoms. The van der Waals surface area contributed by atoms with E-state index in [0.29, 0.717) is 10.7 Å². The molecular formula is C17H13Cl2FN2O2. The van der Waals surface area contributed by atoms with Gasteiger partial charge < -0.3 is 10.2 Å². The maximum absolute atomic E-state index is 13.9. The fourth-order valence-corrected chi connectivity index (χ4v) is 2.85. The van der Waals surface area contributed by atoms with Gasteiger partial charge in [-0.1, -0.05) is 52.6 Å². The summed E-state index contributed by atoms with van der Waals surface area (Å²) in [5.41, 5.74) is 1.28. The lowest BCUT2D eigenvalue weighted by Crippen LogP contribution is -2.34. The Morgan fingerprint density at radius 3 is 2.71 bits per heavy atom. The van der Waals surface area contributed by atoms with Crippen molar-refractivity contribution < 1.29 is 14.0 Å². The normalized spacial score (nSPS) is 16.5. The van der Waals surface area contributed by atoms with Crippen LogP contribution in [0.15, 0.2) is 47.6 Å². The Bertz CT molecular complexity index is 791. The molecule has 1 aliphatic rings. The second-order valence-corrected chi connectivity index (χ2v) is 6.06. The van der Waals surface area contributed by atoms with Crippen molar-refractivity contribution in [2.24, 2.45) is 5.16 Å². The van der Waals surface area contributed by atoms with Gasteiger partial charge in [-0.2, -0.15) is 0 Å². The molecule has 1 unspecified atom stereocenters. The fraction of sp³-hybridized carbons (Fsp3) is 0.176. The molecule has 2 aromatic rings. The van der Waals surface area contributed by atoms with Crippen LogP contribution in [0.4, 0.5) is 4.39 Å². The maximum Gasteiger partial charge on any atom is 0.264 e. The van der Waals surface area contributed by atoms with Crippen LogP contribution in [0.2, 0.25) is 10.0 Å². The largest absolute Gasteiger partial charge is 0.382 e. The van der Waals surface area contributed by atoms with Crippen LogP contribution < -0.4 is 5.32 Å². The molecule has 3 rings (SSSR count). The molecule has 0 aliphatic carbocycles. The van der Waals surface area contributed by atoms with E-state index in [1.54, 1.807) is 12.1 Å². The summed E-state index contributed by atoms with van der Waals surface area (Å²) in [6.07, 6.45) is -0.673. The number of amides is 1. The van der Waals surface area contributed by atoms with Crippen LogP contribution in [0.3, 0.4) is 0 Å². The molecule has 0 fully saturated rings. The standard InChI is InChI=1S/C17H13Cl2FN2O2/c18-11-5-2-1-4-10(11)9-21-17(23)15-8-14(22-24-15)16-12(19)6-3-7-13(16)20/h1-7,15H,8-9H2,(H,21,23). The Hall–Kier alpha value is -2.11. The average molecular weight is 367 g/mol. The van der Waals surface area contributed by atoms with Gasteiger partial charge in [-0.05, 0) is 23.8 Å². The van der Waals surface area contributed by atoms with E-state index in [0.717, 1.165) is 5.56 Å². The van der Waals surface area contributed by atoms with Gasteiger partial charge in [0.15, 0.2) is 0 Å². The third-order valence-electron chi connectivity index (χ3n) is 3.62. The zero-order chi connectivity index (χ0) is 17.1. The van der Waals surface area contributed by atoms with Gasteiger partial charge in [0.1, 0.15) is 5.82 Å². The summed E-state index contributed by atoms with van der Waals surface area (Å²) < 4.78 is 13.9. The van der Waals surface area contributed by atoms with Gasteiger partial charge >= 0.3 is 0 Å². The van der Waals surface area contributed by atoms with E-state index >= 15 is 0 Å². The predicted molar refractivity (Wildman–Crippen MR) is 90.7 cm³/mol. The van der Waals surface area contributed by atoms with E-state index < -0.39 is 11.9 Å². The minimum Gasteiger partial charge on any atom is -0.382 e. The summed E-state index contributed by atoms with van der Waals surface area (Å²) in [5.74, 6) is -0.844. The Labute approximate surface area is 148 Å². The van der Waals surface area contributed by atoms with Gasteiger partial charge in [-0.25, -0.2) is 4.39 Å². The Morgan fingerprint density at radius 2 is 1.96 bits per heavy atom. The first kappa shape index (κ1) is 16.7. The third kappa shape index (κ3) is 3.52. The summed E-state index contributed by atoms with van der Waals surface area (Å²) in [6, 6.07) is 11.6. The van der Waals surface area contributed by atoms with Gasteiger partial charge in [0.2, 0.25) is 6.10 Å². The first-order chi connectivity index (χ1) is 11.6. The quantitative estimate of drug-likeness (QED) is 0.890. The summed E-state index contributed by atoms with van der Waals surface area (Å²) in [4.78, 5) is 17.3. The molecule has 24 heavy (non-hydrogen) atoms. The number of hydrogen-bond donors (Lipinski definition) is 1. The molecule has 124 valence electrons. The lowest BCUT2D eigenvalue weighted by molar-refractivity contribution is -0.131. The topological polar surface area (TPSA) is 50.7 Å². The molecule has 7 heteroatoms. The number of carbonyl (C=O) groups is 1. The number of halogens is 3. The number of rotatable bonds is 4. The second kappa shape index (κ2) is 7.20. The molecule has 2 aromatic carbocycles. The minimum absolute atomic E-state index is 0.148. The highest BCUT2D eigenvalue weighted by Crippen LogP contribution is 2.25. The van der Waals surface area contributed by atoms with Crippen molar-refractivity contribution in [1.82, 2.24) is 5.32 Å². The van der Waals surface area contributed by atoms with Crippen LogP contribution >= 0.6 is 23.2 Å². The molecule has 1 amide bonds. The van der Waals surface area contributed by atoms with Crippen molar-refractivity contribution >= 4 is 34.8 Å². The van der Waals surface area contributed by atoms with Crippen molar-refractivity contribution in [3.05, 3.63) is 69.5 Å². The highest BCUT2D eigenvalue weighted by Gasteiger charge is 2.31.